The lowest BCUT2D eigenvalue weighted by molar-refractivity contribution is -0.142. The van der Waals surface area contributed by atoms with Gasteiger partial charge >= 0.3 is 5.97 Å². The van der Waals surface area contributed by atoms with Crippen LogP contribution in [0, 0.1) is 5.92 Å². The fraction of sp³-hybridized carbons (Fsp3) is 0.533. The highest BCUT2D eigenvalue weighted by Gasteiger charge is 2.18. The standard InChI is InChI=1S/C15H22O4/c1-4-5-6-12(15(16)17)9-11-7-8-13(18-2)14(10-11)19-3/h7-8,10,12H,4-6,9H2,1-3H3,(H,16,17)/t12-/m1/s1. The molecule has 1 atom stereocenters. The summed E-state index contributed by atoms with van der Waals surface area (Å²) in [5, 5.41) is 9.23. The van der Waals surface area contributed by atoms with Crippen molar-refractivity contribution in [2.45, 2.75) is 32.6 Å². The van der Waals surface area contributed by atoms with E-state index < -0.39 is 5.97 Å². The lowest BCUT2D eigenvalue weighted by atomic mass is 9.94. The molecule has 0 aliphatic rings. The average molecular weight is 266 g/mol. The molecule has 1 N–H and O–H groups in total. The summed E-state index contributed by atoms with van der Waals surface area (Å²) in [6.07, 6.45) is 3.18. The van der Waals surface area contributed by atoms with Crippen molar-refractivity contribution in [3.05, 3.63) is 23.8 Å². The van der Waals surface area contributed by atoms with Crippen LogP contribution in [0.2, 0.25) is 0 Å². The third-order valence-corrected chi connectivity index (χ3v) is 3.19. The SMILES string of the molecule is CCCC[C@H](Cc1ccc(OC)c(OC)c1)C(=O)O. The monoisotopic (exact) mass is 266 g/mol. The highest BCUT2D eigenvalue weighted by molar-refractivity contribution is 5.70. The van der Waals surface area contributed by atoms with Gasteiger partial charge < -0.3 is 14.6 Å². The zero-order valence-corrected chi connectivity index (χ0v) is 11.8. The minimum atomic E-state index is -0.733. The Hall–Kier alpha value is -1.71. The second-order valence-electron chi connectivity index (χ2n) is 4.57. The summed E-state index contributed by atoms with van der Waals surface area (Å²) in [6.45, 7) is 2.06. The number of rotatable bonds is 8. The Balaban J connectivity index is 2.81. The van der Waals surface area contributed by atoms with Gasteiger partial charge in [0, 0.05) is 0 Å². The summed E-state index contributed by atoms with van der Waals surface area (Å²) < 4.78 is 10.4. The number of carbonyl (C=O) groups is 1. The van der Waals surface area contributed by atoms with Crippen LogP contribution in [0.1, 0.15) is 31.7 Å². The van der Waals surface area contributed by atoms with E-state index in [1.54, 1.807) is 14.2 Å². The van der Waals surface area contributed by atoms with Gasteiger partial charge in [0.05, 0.1) is 20.1 Å². The van der Waals surface area contributed by atoms with E-state index in [2.05, 4.69) is 6.92 Å². The van der Waals surface area contributed by atoms with Gasteiger partial charge in [-0.2, -0.15) is 0 Å². The van der Waals surface area contributed by atoms with Gasteiger partial charge in [0.15, 0.2) is 11.5 Å². The van der Waals surface area contributed by atoms with Gasteiger partial charge in [-0.1, -0.05) is 25.8 Å². The number of hydrogen-bond acceptors (Lipinski definition) is 3. The lowest BCUT2D eigenvalue weighted by Gasteiger charge is -2.14. The quantitative estimate of drug-likeness (QED) is 0.785. The van der Waals surface area contributed by atoms with Crippen LogP contribution in [0.4, 0.5) is 0 Å². The number of carboxylic acids is 1. The molecule has 0 heterocycles. The van der Waals surface area contributed by atoms with E-state index in [1.165, 1.54) is 0 Å². The summed E-state index contributed by atoms with van der Waals surface area (Å²) in [5.41, 5.74) is 0.959. The van der Waals surface area contributed by atoms with Crippen LogP contribution in [0.3, 0.4) is 0 Å². The van der Waals surface area contributed by atoms with Gasteiger partial charge in [-0.15, -0.1) is 0 Å². The second kappa shape index (κ2) is 7.67. The van der Waals surface area contributed by atoms with E-state index in [0.29, 0.717) is 24.3 Å². The van der Waals surface area contributed by atoms with Crippen LogP contribution < -0.4 is 9.47 Å². The third-order valence-electron chi connectivity index (χ3n) is 3.19. The number of benzene rings is 1. The molecule has 1 rings (SSSR count). The molecule has 0 bridgehead atoms. The van der Waals surface area contributed by atoms with Gasteiger partial charge in [-0.25, -0.2) is 0 Å². The number of carboxylic acid groups (broad SMARTS) is 1. The summed E-state index contributed by atoms with van der Waals surface area (Å²) in [4.78, 5) is 11.2. The molecule has 1 aromatic rings. The second-order valence-corrected chi connectivity index (χ2v) is 4.57. The highest BCUT2D eigenvalue weighted by Crippen LogP contribution is 2.29. The van der Waals surface area contributed by atoms with Crippen molar-refractivity contribution in [2.24, 2.45) is 5.92 Å². The molecule has 0 amide bonds. The number of unbranched alkanes of at least 4 members (excludes halogenated alkanes) is 1. The van der Waals surface area contributed by atoms with Crippen molar-refractivity contribution in [3.8, 4) is 11.5 Å². The fourth-order valence-corrected chi connectivity index (χ4v) is 2.06. The zero-order valence-electron chi connectivity index (χ0n) is 11.8. The Labute approximate surface area is 114 Å². The first-order valence-corrected chi connectivity index (χ1v) is 6.56. The van der Waals surface area contributed by atoms with Crippen molar-refractivity contribution < 1.29 is 19.4 Å². The maximum absolute atomic E-state index is 11.2. The van der Waals surface area contributed by atoms with Crippen molar-refractivity contribution >= 4 is 5.97 Å². The molecule has 0 unspecified atom stereocenters. The van der Waals surface area contributed by atoms with Gasteiger partial charge in [-0.05, 0) is 30.5 Å². The summed E-state index contributed by atoms with van der Waals surface area (Å²) in [7, 11) is 3.16. The van der Waals surface area contributed by atoms with E-state index in [4.69, 9.17) is 9.47 Å². The molecule has 4 nitrogen and oxygen atoms in total. The molecule has 0 fully saturated rings. The lowest BCUT2D eigenvalue weighted by Crippen LogP contribution is -2.16. The molecule has 0 aliphatic heterocycles. The van der Waals surface area contributed by atoms with E-state index in [1.807, 2.05) is 18.2 Å². The molecular weight excluding hydrogens is 244 g/mol. The normalized spacial score (nSPS) is 11.9. The molecule has 4 heteroatoms. The van der Waals surface area contributed by atoms with Gasteiger partial charge in [0.1, 0.15) is 0 Å². The summed E-state index contributed by atoms with van der Waals surface area (Å²) in [6, 6.07) is 5.55. The van der Waals surface area contributed by atoms with E-state index >= 15 is 0 Å². The number of ether oxygens (including phenoxy) is 2. The van der Waals surface area contributed by atoms with Crippen LogP contribution in [0.25, 0.3) is 0 Å². The number of methoxy groups -OCH3 is 2. The molecule has 19 heavy (non-hydrogen) atoms. The minimum absolute atomic E-state index is 0.335. The molecule has 1 aromatic carbocycles. The first kappa shape index (κ1) is 15.3. The Morgan fingerprint density at radius 2 is 1.95 bits per heavy atom. The van der Waals surface area contributed by atoms with Gasteiger partial charge in [0.25, 0.3) is 0 Å². The number of aliphatic carboxylic acids is 1. The zero-order chi connectivity index (χ0) is 14.3. The van der Waals surface area contributed by atoms with E-state index in [-0.39, 0.29) is 5.92 Å². The molecule has 0 aliphatic carbocycles. The van der Waals surface area contributed by atoms with Gasteiger partial charge in [0.2, 0.25) is 0 Å². The first-order chi connectivity index (χ1) is 9.12. The Bertz CT molecular complexity index is 415. The maximum Gasteiger partial charge on any atom is 0.306 e. The molecular formula is C15H22O4. The summed E-state index contributed by atoms with van der Waals surface area (Å²) >= 11 is 0. The fourth-order valence-electron chi connectivity index (χ4n) is 2.06. The first-order valence-electron chi connectivity index (χ1n) is 6.56. The predicted octanol–water partition coefficient (Wildman–Crippen LogP) is 3.14. The molecule has 0 aromatic heterocycles. The molecule has 0 radical (unpaired) electrons. The van der Waals surface area contributed by atoms with Crippen LogP contribution >= 0.6 is 0 Å². The topological polar surface area (TPSA) is 55.8 Å². The van der Waals surface area contributed by atoms with Crippen LogP contribution in [0.5, 0.6) is 11.5 Å². The highest BCUT2D eigenvalue weighted by atomic mass is 16.5. The Morgan fingerprint density at radius 1 is 1.26 bits per heavy atom. The van der Waals surface area contributed by atoms with Crippen LogP contribution in [-0.2, 0) is 11.2 Å². The van der Waals surface area contributed by atoms with Gasteiger partial charge in [-0.3, -0.25) is 4.79 Å². The van der Waals surface area contributed by atoms with Crippen LogP contribution in [-0.4, -0.2) is 25.3 Å². The van der Waals surface area contributed by atoms with E-state index in [9.17, 15) is 9.90 Å². The summed E-state index contributed by atoms with van der Waals surface area (Å²) in [5.74, 6) is 0.229. The van der Waals surface area contributed by atoms with Crippen molar-refractivity contribution in [2.75, 3.05) is 14.2 Å². The molecule has 0 saturated carbocycles. The molecule has 0 saturated heterocycles. The number of hydrogen-bond donors (Lipinski definition) is 1. The van der Waals surface area contributed by atoms with Crippen molar-refractivity contribution in [1.29, 1.82) is 0 Å². The Kier molecular flexibility index (Phi) is 6.19. The predicted molar refractivity (Wildman–Crippen MR) is 73.9 cm³/mol. The maximum atomic E-state index is 11.2. The van der Waals surface area contributed by atoms with Crippen molar-refractivity contribution in [1.82, 2.24) is 0 Å². The smallest absolute Gasteiger partial charge is 0.306 e. The Morgan fingerprint density at radius 3 is 2.47 bits per heavy atom. The largest absolute Gasteiger partial charge is 0.493 e. The average Bonchev–Trinajstić information content (AvgIpc) is 2.42. The molecule has 106 valence electrons. The van der Waals surface area contributed by atoms with E-state index in [0.717, 1.165) is 18.4 Å². The third kappa shape index (κ3) is 4.47. The van der Waals surface area contributed by atoms with Crippen LogP contribution in [0.15, 0.2) is 18.2 Å². The molecule has 0 spiro atoms. The minimum Gasteiger partial charge on any atom is -0.493 e. The van der Waals surface area contributed by atoms with Crippen molar-refractivity contribution in [3.63, 3.8) is 0 Å².